The number of rotatable bonds is 11. The number of ether oxygens (including phenoxy) is 2. The van der Waals surface area contributed by atoms with E-state index in [0.717, 1.165) is 38.5 Å². The van der Waals surface area contributed by atoms with Gasteiger partial charge in [-0.1, -0.05) is 24.3 Å². The van der Waals surface area contributed by atoms with Gasteiger partial charge in [0.15, 0.2) is 0 Å². The number of hydrogen-bond acceptors (Lipinski definition) is 4. The van der Waals surface area contributed by atoms with Crippen LogP contribution in [0, 0.1) is 0 Å². The van der Waals surface area contributed by atoms with E-state index >= 15 is 0 Å². The van der Waals surface area contributed by atoms with E-state index in [1.807, 2.05) is 27.7 Å². The molecular formula is C22H35NO4. The molecule has 1 N–H and O–H groups in total. The minimum Gasteiger partial charge on any atom is -0.466 e. The summed E-state index contributed by atoms with van der Waals surface area (Å²) in [5.41, 5.74) is 2.15. The van der Waals surface area contributed by atoms with Crippen LogP contribution in [0.4, 0.5) is 4.79 Å². The van der Waals surface area contributed by atoms with Crippen molar-refractivity contribution in [1.29, 1.82) is 0 Å². The fourth-order valence-corrected chi connectivity index (χ4v) is 2.66. The molecule has 0 aliphatic heterocycles. The molecule has 5 heteroatoms. The van der Waals surface area contributed by atoms with Gasteiger partial charge in [-0.25, -0.2) is 4.79 Å². The Balaban J connectivity index is 2.14. The lowest BCUT2D eigenvalue weighted by Crippen LogP contribution is -2.33. The molecule has 0 saturated carbocycles. The lowest BCUT2D eigenvalue weighted by atomic mass is 10.0. The molecule has 1 rings (SSSR count). The molecule has 0 heterocycles. The van der Waals surface area contributed by atoms with Gasteiger partial charge < -0.3 is 14.8 Å². The van der Waals surface area contributed by atoms with E-state index in [1.54, 1.807) is 0 Å². The molecule has 0 atom stereocenters. The highest BCUT2D eigenvalue weighted by Crippen LogP contribution is 2.11. The van der Waals surface area contributed by atoms with Gasteiger partial charge in [0.25, 0.3) is 0 Å². The topological polar surface area (TPSA) is 64.6 Å². The average molecular weight is 378 g/mol. The van der Waals surface area contributed by atoms with Gasteiger partial charge in [0.2, 0.25) is 0 Å². The Morgan fingerprint density at radius 3 is 2.00 bits per heavy atom. The van der Waals surface area contributed by atoms with E-state index in [1.165, 1.54) is 11.1 Å². The van der Waals surface area contributed by atoms with Gasteiger partial charge in [-0.05, 0) is 77.3 Å². The van der Waals surface area contributed by atoms with Crippen LogP contribution in [0.15, 0.2) is 24.3 Å². The van der Waals surface area contributed by atoms with Crippen molar-refractivity contribution in [3.8, 4) is 0 Å². The van der Waals surface area contributed by atoms with Crippen LogP contribution >= 0.6 is 0 Å². The summed E-state index contributed by atoms with van der Waals surface area (Å²) in [6.07, 6.45) is 5.94. The van der Waals surface area contributed by atoms with Gasteiger partial charge in [-0.15, -0.1) is 0 Å². The first kappa shape index (κ1) is 23.0. The summed E-state index contributed by atoms with van der Waals surface area (Å²) in [7, 11) is 0. The van der Waals surface area contributed by atoms with Crippen LogP contribution < -0.4 is 5.32 Å². The van der Waals surface area contributed by atoms with Crippen molar-refractivity contribution in [2.75, 3.05) is 13.2 Å². The second-order valence-electron chi connectivity index (χ2n) is 7.71. The van der Waals surface area contributed by atoms with Crippen LogP contribution in [0.25, 0.3) is 0 Å². The van der Waals surface area contributed by atoms with E-state index in [2.05, 4.69) is 29.6 Å². The number of unbranched alkanes of at least 4 members (excludes halogenated alkanes) is 2. The summed E-state index contributed by atoms with van der Waals surface area (Å²) in [4.78, 5) is 22.8. The summed E-state index contributed by atoms with van der Waals surface area (Å²) in [5, 5.41) is 2.78. The van der Waals surface area contributed by atoms with Gasteiger partial charge in [0.05, 0.1) is 6.61 Å². The number of alkyl carbamates (subject to hydrolysis) is 1. The Labute approximate surface area is 163 Å². The highest BCUT2D eigenvalue weighted by atomic mass is 16.6. The highest BCUT2D eigenvalue weighted by Gasteiger charge is 2.15. The molecule has 0 unspecified atom stereocenters. The zero-order chi connectivity index (χ0) is 20.1. The van der Waals surface area contributed by atoms with Crippen molar-refractivity contribution in [3.63, 3.8) is 0 Å². The summed E-state index contributed by atoms with van der Waals surface area (Å²) in [5.74, 6) is -0.103. The quantitative estimate of drug-likeness (QED) is 0.444. The first-order valence-electron chi connectivity index (χ1n) is 10.0. The molecule has 1 aromatic carbocycles. The molecule has 152 valence electrons. The molecule has 1 aromatic rings. The van der Waals surface area contributed by atoms with Gasteiger partial charge >= 0.3 is 12.1 Å². The van der Waals surface area contributed by atoms with E-state index in [9.17, 15) is 9.59 Å². The first-order chi connectivity index (χ1) is 12.8. The highest BCUT2D eigenvalue weighted by molar-refractivity contribution is 5.69. The van der Waals surface area contributed by atoms with Crippen LogP contribution in [-0.2, 0) is 27.1 Å². The molecular weight excluding hydrogens is 342 g/mol. The van der Waals surface area contributed by atoms with E-state index in [4.69, 9.17) is 9.47 Å². The number of esters is 1. The number of hydrogen-bond donors (Lipinski definition) is 1. The SMILES string of the molecule is CCOC(=O)CCCCc1ccc(CCCCNC(=O)OC(C)(C)C)cc1. The Hall–Kier alpha value is -2.04. The Bertz CT molecular complexity index is 561. The van der Waals surface area contributed by atoms with Crippen molar-refractivity contribution in [1.82, 2.24) is 5.32 Å². The van der Waals surface area contributed by atoms with Crippen molar-refractivity contribution < 1.29 is 19.1 Å². The summed E-state index contributed by atoms with van der Waals surface area (Å²) in [6, 6.07) is 8.67. The van der Waals surface area contributed by atoms with Crippen LogP contribution in [0.5, 0.6) is 0 Å². The zero-order valence-electron chi connectivity index (χ0n) is 17.3. The minimum atomic E-state index is -0.454. The molecule has 0 saturated heterocycles. The lowest BCUT2D eigenvalue weighted by molar-refractivity contribution is -0.143. The molecule has 0 aliphatic rings. The van der Waals surface area contributed by atoms with Gasteiger partial charge in [-0.2, -0.15) is 0 Å². The third kappa shape index (κ3) is 12.1. The number of carbonyl (C=O) groups excluding carboxylic acids is 2. The Morgan fingerprint density at radius 1 is 0.926 bits per heavy atom. The fraction of sp³-hybridized carbons (Fsp3) is 0.636. The molecule has 0 bridgehead atoms. The number of benzene rings is 1. The molecule has 5 nitrogen and oxygen atoms in total. The van der Waals surface area contributed by atoms with Crippen molar-refractivity contribution in [3.05, 3.63) is 35.4 Å². The van der Waals surface area contributed by atoms with E-state index < -0.39 is 5.60 Å². The van der Waals surface area contributed by atoms with Crippen LogP contribution in [0.3, 0.4) is 0 Å². The summed E-state index contributed by atoms with van der Waals surface area (Å²) >= 11 is 0. The maximum absolute atomic E-state index is 11.5. The third-order valence-electron chi connectivity index (χ3n) is 3.99. The number of carbonyl (C=O) groups is 2. The predicted molar refractivity (Wildman–Crippen MR) is 108 cm³/mol. The molecule has 27 heavy (non-hydrogen) atoms. The van der Waals surface area contributed by atoms with Crippen molar-refractivity contribution >= 4 is 12.1 Å². The molecule has 0 spiro atoms. The number of nitrogens with one attached hydrogen (secondary N) is 1. The predicted octanol–water partition coefficient (Wildman–Crippen LogP) is 4.81. The Kier molecular flexibility index (Phi) is 10.5. The maximum Gasteiger partial charge on any atom is 0.407 e. The summed E-state index contributed by atoms with van der Waals surface area (Å²) in [6.45, 7) is 8.49. The van der Waals surface area contributed by atoms with Gasteiger partial charge in [-0.3, -0.25) is 4.79 Å². The van der Waals surface area contributed by atoms with Crippen LogP contribution in [-0.4, -0.2) is 30.8 Å². The summed E-state index contributed by atoms with van der Waals surface area (Å²) < 4.78 is 10.1. The third-order valence-corrected chi connectivity index (χ3v) is 3.99. The second-order valence-corrected chi connectivity index (χ2v) is 7.71. The largest absolute Gasteiger partial charge is 0.466 e. The van der Waals surface area contributed by atoms with Crippen LogP contribution in [0.1, 0.15) is 70.9 Å². The molecule has 0 radical (unpaired) electrons. The zero-order valence-corrected chi connectivity index (χ0v) is 17.3. The van der Waals surface area contributed by atoms with Crippen LogP contribution in [0.2, 0.25) is 0 Å². The smallest absolute Gasteiger partial charge is 0.407 e. The standard InChI is InChI=1S/C22H35NO4/c1-5-26-20(24)12-7-6-10-18-13-15-19(16-14-18)11-8-9-17-23-21(25)27-22(2,3)4/h13-16H,5-12,17H2,1-4H3,(H,23,25). The maximum atomic E-state index is 11.5. The van der Waals surface area contributed by atoms with Gasteiger partial charge in [0.1, 0.15) is 5.60 Å². The Morgan fingerprint density at radius 2 is 1.48 bits per heavy atom. The first-order valence-corrected chi connectivity index (χ1v) is 10.0. The fourth-order valence-electron chi connectivity index (χ4n) is 2.66. The van der Waals surface area contributed by atoms with E-state index in [0.29, 0.717) is 19.6 Å². The normalized spacial score (nSPS) is 11.1. The van der Waals surface area contributed by atoms with E-state index in [-0.39, 0.29) is 12.1 Å². The average Bonchev–Trinajstić information content (AvgIpc) is 2.58. The number of aryl methyl sites for hydroxylation is 2. The molecule has 0 aliphatic carbocycles. The number of amides is 1. The molecule has 0 aromatic heterocycles. The molecule has 0 fully saturated rings. The second kappa shape index (κ2) is 12.4. The monoisotopic (exact) mass is 377 g/mol. The van der Waals surface area contributed by atoms with Gasteiger partial charge in [0, 0.05) is 13.0 Å². The minimum absolute atomic E-state index is 0.103. The van der Waals surface area contributed by atoms with Crippen molar-refractivity contribution in [2.45, 2.75) is 78.2 Å². The lowest BCUT2D eigenvalue weighted by Gasteiger charge is -2.19. The van der Waals surface area contributed by atoms with Crippen molar-refractivity contribution in [2.24, 2.45) is 0 Å². The molecule has 1 amide bonds.